The van der Waals surface area contributed by atoms with E-state index in [2.05, 4.69) is 39.2 Å². The quantitative estimate of drug-likeness (QED) is 0.0158. The van der Waals surface area contributed by atoms with Gasteiger partial charge in [-0.15, -0.1) is 24.0 Å². The zero-order chi connectivity index (χ0) is 39.5. The van der Waals surface area contributed by atoms with Crippen molar-refractivity contribution in [2.24, 2.45) is 20.5 Å². The first-order valence-electron chi connectivity index (χ1n) is 15.1. The third-order valence-corrected chi connectivity index (χ3v) is 10.7. The Morgan fingerprint density at radius 2 is 1.31 bits per heavy atom. The van der Waals surface area contributed by atoms with Crippen LogP contribution in [0.5, 0.6) is 5.75 Å². The molecule has 0 spiro atoms. The van der Waals surface area contributed by atoms with Crippen LogP contribution in [-0.4, -0.2) is 41.6 Å². The van der Waals surface area contributed by atoms with Gasteiger partial charge in [-0.25, -0.2) is 10.5 Å². The Kier molecular flexibility index (Phi) is 11.8. The molecule has 0 unspecified atom stereocenters. The maximum atomic E-state index is 12.6. The van der Waals surface area contributed by atoms with Crippen molar-refractivity contribution in [1.82, 2.24) is 0 Å². The standard InChI is InChI=1S/C33H25N5O13S4/c1-17-2-4-18(5-3-17)19-6-8-22(9-7-19)35-38-32-28(55(45,46)47)15-21-14-27(53-51-49-41)31(33(39)29(21)30(32)34)37-36-26-16-23(52-50-48-40)12-20-13-24(54(42,43)44)10-11-25(20)26/h2-16,39-41H,34H2,1H3,(H,42,43,44)(H,45,46,47). The van der Waals surface area contributed by atoms with Crippen molar-refractivity contribution in [3.8, 4) is 16.9 Å². The SMILES string of the molecule is Cc1ccc(-c2ccc(N=Nc3c(S(=O)(=O)O)cc4cc(SOOO)c(N=Nc5cc(SOOO)cc6cc(S(=O)(=O)O)ccc56)c(O)c4c3N)cc2)cc1. The van der Waals surface area contributed by atoms with Gasteiger partial charge in [0.05, 0.1) is 56.3 Å². The third kappa shape index (κ3) is 8.91. The molecule has 6 aromatic rings. The van der Waals surface area contributed by atoms with Crippen molar-refractivity contribution in [3.63, 3.8) is 0 Å². The van der Waals surface area contributed by atoms with E-state index in [1.807, 2.05) is 31.2 Å². The number of nitrogen functional groups attached to an aromatic ring is 1. The van der Waals surface area contributed by atoms with E-state index in [4.69, 9.17) is 16.2 Å². The van der Waals surface area contributed by atoms with Crippen LogP contribution in [0.25, 0.3) is 32.7 Å². The Balaban J connectivity index is 1.48. The van der Waals surface area contributed by atoms with Crippen molar-refractivity contribution < 1.29 is 60.3 Å². The lowest BCUT2D eigenvalue weighted by Crippen LogP contribution is -2.02. The molecule has 55 heavy (non-hydrogen) atoms. The van der Waals surface area contributed by atoms with Crippen LogP contribution in [0.1, 0.15) is 5.56 Å². The van der Waals surface area contributed by atoms with Gasteiger partial charge in [0.15, 0.2) is 5.75 Å². The summed E-state index contributed by atoms with van der Waals surface area (Å²) in [6.45, 7) is 1.97. The predicted molar refractivity (Wildman–Crippen MR) is 200 cm³/mol. The number of phenolic OH excluding ortho intramolecular Hbond substituents is 1. The molecule has 0 aromatic heterocycles. The third-order valence-electron chi connectivity index (χ3n) is 7.86. The number of aromatic hydroxyl groups is 1. The van der Waals surface area contributed by atoms with E-state index < -0.39 is 47.2 Å². The monoisotopic (exact) mass is 827 g/mol. The van der Waals surface area contributed by atoms with E-state index in [0.29, 0.717) is 35.2 Å². The van der Waals surface area contributed by atoms with Gasteiger partial charge < -0.3 is 10.8 Å². The Morgan fingerprint density at radius 3 is 1.95 bits per heavy atom. The second-order valence-electron chi connectivity index (χ2n) is 11.3. The number of rotatable bonds is 13. The number of nitrogens with zero attached hydrogens (tertiary/aromatic N) is 4. The topological polar surface area (TPSA) is 282 Å². The van der Waals surface area contributed by atoms with Gasteiger partial charge >= 0.3 is 0 Å². The van der Waals surface area contributed by atoms with E-state index in [-0.39, 0.29) is 37.3 Å². The fraction of sp³-hybridized carbons (Fsp3) is 0.0303. The van der Waals surface area contributed by atoms with Crippen LogP contribution in [0, 0.1) is 6.92 Å². The number of hydrogen-bond acceptors (Lipinski definition) is 18. The van der Waals surface area contributed by atoms with Gasteiger partial charge in [-0.05, 0) is 77.4 Å². The molecular formula is C33H25N5O13S4. The van der Waals surface area contributed by atoms with Crippen molar-refractivity contribution in [2.75, 3.05) is 5.73 Å². The van der Waals surface area contributed by atoms with Crippen LogP contribution in [0.15, 0.2) is 131 Å². The second-order valence-corrected chi connectivity index (χ2v) is 15.7. The van der Waals surface area contributed by atoms with Crippen LogP contribution in [0.4, 0.5) is 28.4 Å². The maximum Gasteiger partial charge on any atom is 0.296 e. The first kappa shape index (κ1) is 39.6. The summed E-state index contributed by atoms with van der Waals surface area (Å²) < 4.78 is 77.5. The maximum absolute atomic E-state index is 12.6. The fourth-order valence-corrected chi connectivity index (χ4v) is 7.47. The number of anilines is 1. The first-order valence-corrected chi connectivity index (χ1v) is 19.5. The highest BCUT2D eigenvalue weighted by Gasteiger charge is 2.26. The minimum absolute atomic E-state index is 0.0378. The number of benzene rings is 6. The summed E-state index contributed by atoms with van der Waals surface area (Å²) >= 11 is 0.826. The molecular weight excluding hydrogens is 803 g/mol. The molecule has 0 amide bonds. The van der Waals surface area contributed by atoms with E-state index in [1.54, 1.807) is 24.3 Å². The lowest BCUT2D eigenvalue weighted by atomic mass is 10.0. The van der Waals surface area contributed by atoms with Gasteiger partial charge in [0.2, 0.25) is 0 Å². The number of fused-ring (bicyclic) bond motifs is 2. The van der Waals surface area contributed by atoms with Crippen LogP contribution < -0.4 is 5.73 Å². The molecule has 6 aromatic carbocycles. The Labute approximate surface area is 319 Å². The highest BCUT2D eigenvalue weighted by molar-refractivity contribution is 7.95. The second kappa shape index (κ2) is 16.3. The van der Waals surface area contributed by atoms with Crippen LogP contribution in [-0.2, 0) is 39.0 Å². The minimum atomic E-state index is -4.99. The molecule has 0 fully saturated rings. The van der Waals surface area contributed by atoms with Crippen molar-refractivity contribution in [2.45, 2.75) is 26.5 Å². The summed E-state index contributed by atoms with van der Waals surface area (Å²) in [5.74, 6) is -0.691. The molecule has 7 N–H and O–H groups in total. The number of hydrogen-bond donors (Lipinski definition) is 6. The normalized spacial score (nSPS) is 12.5. The fourth-order valence-electron chi connectivity index (χ4n) is 5.35. The minimum Gasteiger partial charge on any atom is -0.505 e. The predicted octanol–water partition coefficient (Wildman–Crippen LogP) is 9.44. The van der Waals surface area contributed by atoms with Crippen LogP contribution in [0.2, 0.25) is 0 Å². The molecule has 0 radical (unpaired) electrons. The molecule has 0 saturated carbocycles. The van der Waals surface area contributed by atoms with Crippen LogP contribution >= 0.6 is 24.1 Å². The zero-order valence-electron chi connectivity index (χ0n) is 27.7. The van der Waals surface area contributed by atoms with Gasteiger partial charge in [-0.3, -0.25) is 9.11 Å². The van der Waals surface area contributed by atoms with E-state index >= 15 is 0 Å². The van der Waals surface area contributed by atoms with E-state index in [0.717, 1.165) is 34.9 Å². The molecule has 22 heteroatoms. The van der Waals surface area contributed by atoms with Gasteiger partial charge in [0.1, 0.15) is 16.3 Å². The largest absolute Gasteiger partial charge is 0.505 e. The molecule has 0 aliphatic rings. The number of phenols is 1. The Hall–Kier alpha value is -5.08. The van der Waals surface area contributed by atoms with Gasteiger partial charge in [0.25, 0.3) is 20.2 Å². The zero-order valence-corrected chi connectivity index (χ0v) is 30.9. The highest BCUT2D eigenvalue weighted by Crippen LogP contribution is 2.50. The van der Waals surface area contributed by atoms with E-state index in [1.165, 1.54) is 24.3 Å². The first-order chi connectivity index (χ1) is 26.2. The van der Waals surface area contributed by atoms with Gasteiger partial charge in [-0.2, -0.15) is 21.9 Å². The molecule has 0 atom stereocenters. The average molecular weight is 828 g/mol. The number of aryl methyl sites for hydroxylation is 1. The molecule has 0 aliphatic heterocycles. The number of azo groups is 2. The van der Waals surface area contributed by atoms with Gasteiger partial charge in [-0.1, -0.05) is 58.1 Å². The van der Waals surface area contributed by atoms with E-state index in [9.17, 15) is 31.0 Å². The summed E-state index contributed by atoms with van der Waals surface area (Å²) in [7, 11) is -9.60. The lowest BCUT2D eigenvalue weighted by molar-refractivity contribution is -0.432. The average Bonchev–Trinajstić information content (AvgIpc) is 3.14. The summed E-state index contributed by atoms with van der Waals surface area (Å²) in [5.41, 5.74) is 8.40. The molecule has 0 heterocycles. The van der Waals surface area contributed by atoms with Crippen molar-refractivity contribution >= 4 is 94.3 Å². The summed E-state index contributed by atoms with van der Waals surface area (Å²) in [6, 6.07) is 23.3. The summed E-state index contributed by atoms with van der Waals surface area (Å²) in [4.78, 5) is -1.10. The highest BCUT2D eigenvalue weighted by atomic mass is 32.2. The number of nitrogens with two attached hydrogens (primary N) is 1. The molecule has 284 valence electrons. The Bertz CT molecular complexity index is 2720. The van der Waals surface area contributed by atoms with Gasteiger partial charge in [0, 0.05) is 10.3 Å². The smallest absolute Gasteiger partial charge is 0.296 e. The molecule has 0 aliphatic carbocycles. The molecule has 0 saturated heterocycles. The van der Waals surface area contributed by atoms with Crippen LogP contribution in [0.3, 0.4) is 0 Å². The molecule has 18 nitrogen and oxygen atoms in total. The Morgan fingerprint density at radius 1 is 0.673 bits per heavy atom. The molecule has 6 rings (SSSR count). The lowest BCUT2D eigenvalue weighted by Gasteiger charge is -2.14. The van der Waals surface area contributed by atoms with Crippen molar-refractivity contribution in [1.29, 1.82) is 0 Å². The molecule has 0 bridgehead atoms. The van der Waals surface area contributed by atoms with Crippen molar-refractivity contribution in [3.05, 3.63) is 96.6 Å². The summed E-state index contributed by atoms with van der Waals surface area (Å²) in [6.07, 6.45) is 0. The summed E-state index contributed by atoms with van der Waals surface area (Å²) in [5, 5.41) is 53.2.